The number of methoxy groups -OCH3 is 1. The van der Waals surface area contributed by atoms with Gasteiger partial charge in [0.25, 0.3) is 0 Å². The van der Waals surface area contributed by atoms with E-state index in [0.717, 1.165) is 0 Å². The first-order valence-electron chi connectivity index (χ1n) is 3.66. The van der Waals surface area contributed by atoms with E-state index >= 15 is 0 Å². The second kappa shape index (κ2) is 4.25. The molecule has 0 bridgehead atoms. The van der Waals surface area contributed by atoms with Gasteiger partial charge in [0.15, 0.2) is 6.10 Å². The summed E-state index contributed by atoms with van der Waals surface area (Å²) in [7, 11) is 1.35. The Morgan fingerprint density at radius 2 is 2.00 bits per heavy atom. The predicted octanol–water partition coefficient (Wildman–Crippen LogP) is 2.11. The van der Waals surface area contributed by atoms with Gasteiger partial charge in [0.05, 0.1) is 0 Å². The van der Waals surface area contributed by atoms with E-state index in [1.807, 2.05) is 0 Å². The fourth-order valence-electron chi connectivity index (χ4n) is 1.02. The van der Waals surface area contributed by atoms with E-state index in [-0.39, 0.29) is 0 Å². The third-order valence-electron chi connectivity index (χ3n) is 1.63. The molecule has 0 heterocycles. The first-order chi connectivity index (χ1) is 6.15. The normalized spacial score (nSPS) is 12.5. The Balaban J connectivity index is 2.92. The minimum Gasteiger partial charge on any atom is -0.479 e. The van der Waals surface area contributed by atoms with Crippen LogP contribution in [0.25, 0.3) is 0 Å². The molecular formula is C9H9ClO3. The first-order valence-corrected chi connectivity index (χ1v) is 4.04. The number of halogens is 1. The Morgan fingerprint density at radius 1 is 1.46 bits per heavy atom. The number of ether oxygens (including phenoxy) is 1. The van der Waals surface area contributed by atoms with Gasteiger partial charge >= 0.3 is 5.97 Å². The van der Waals surface area contributed by atoms with Gasteiger partial charge in [-0.15, -0.1) is 0 Å². The smallest absolute Gasteiger partial charge is 0.337 e. The summed E-state index contributed by atoms with van der Waals surface area (Å²) in [6.45, 7) is 0. The summed E-state index contributed by atoms with van der Waals surface area (Å²) in [5.41, 5.74) is 0.583. The highest BCUT2D eigenvalue weighted by Gasteiger charge is 2.18. The molecule has 0 aliphatic rings. The van der Waals surface area contributed by atoms with Gasteiger partial charge in [-0.05, 0) is 17.7 Å². The monoisotopic (exact) mass is 200 g/mol. The lowest BCUT2D eigenvalue weighted by Crippen LogP contribution is -2.13. The van der Waals surface area contributed by atoms with E-state index < -0.39 is 12.1 Å². The zero-order valence-electron chi connectivity index (χ0n) is 7.03. The van der Waals surface area contributed by atoms with E-state index in [1.54, 1.807) is 24.3 Å². The molecule has 13 heavy (non-hydrogen) atoms. The molecule has 0 aliphatic carbocycles. The molecule has 1 atom stereocenters. The van der Waals surface area contributed by atoms with Crippen molar-refractivity contribution >= 4 is 17.6 Å². The number of aliphatic carboxylic acids is 1. The molecule has 0 aliphatic heterocycles. The highest BCUT2D eigenvalue weighted by Crippen LogP contribution is 2.18. The van der Waals surface area contributed by atoms with Gasteiger partial charge in [0.1, 0.15) is 0 Å². The quantitative estimate of drug-likeness (QED) is 0.813. The molecule has 1 aromatic rings. The van der Waals surface area contributed by atoms with Crippen LogP contribution in [0.2, 0.25) is 5.02 Å². The molecule has 0 fully saturated rings. The highest BCUT2D eigenvalue weighted by molar-refractivity contribution is 6.30. The maximum atomic E-state index is 10.7. The van der Waals surface area contributed by atoms with Crippen LogP contribution in [-0.2, 0) is 9.53 Å². The van der Waals surface area contributed by atoms with Crippen molar-refractivity contribution in [3.63, 3.8) is 0 Å². The molecule has 0 aromatic heterocycles. The van der Waals surface area contributed by atoms with E-state index in [2.05, 4.69) is 0 Å². The minimum atomic E-state index is -1.01. The number of hydrogen-bond acceptors (Lipinski definition) is 2. The first kappa shape index (κ1) is 10.0. The molecular weight excluding hydrogens is 192 g/mol. The largest absolute Gasteiger partial charge is 0.479 e. The minimum absolute atomic E-state index is 0.573. The van der Waals surface area contributed by atoms with Gasteiger partial charge in [-0.25, -0.2) is 4.79 Å². The Bertz CT molecular complexity index is 294. The van der Waals surface area contributed by atoms with Crippen LogP contribution in [0.15, 0.2) is 24.3 Å². The molecule has 0 saturated carbocycles. The van der Waals surface area contributed by atoms with Gasteiger partial charge in [-0.1, -0.05) is 23.7 Å². The molecule has 1 N–H and O–H groups in total. The Kier molecular flexibility index (Phi) is 3.28. The average molecular weight is 201 g/mol. The van der Waals surface area contributed by atoms with Crippen LogP contribution in [0.3, 0.4) is 0 Å². The van der Waals surface area contributed by atoms with Crippen molar-refractivity contribution in [2.45, 2.75) is 6.10 Å². The SMILES string of the molecule is CO[C@@H](C(=O)O)c1ccc(Cl)cc1. The molecule has 70 valence electrons. The molecule has 0 amide bonds. The molecule has 3 nitrogen and oxygen atoms in total. The number of benzene rings is 1. The average Bonchev–Trinajstić information content (AvgIpc) is 2.09. The van der Waals surface area contributed by atoms with Crippen molar-refractivity contribution in [2.75, 3.05) is 7.11 Å². The standard InChI is InChI=1S/C9H9ClO3/c1-13-8(9(11)12)6-2-4-7(10)5-3-6/h2-5,8H,1H3,(H,11,12)/t8-/m1/s1. The van der Waals surface area contributed by atoms with Crippen molar-refractivity contribution in [2.24, 2.45) is 0 Å². The summed E-state index contributed by atoms with van der Waals surface area (Å²) in [6, 6.07) is 6.52. The van der Waals surface area contributed by atoms with Crippen molar-refractivity contribution in [1.29, 1.82) is 0 Å². The van der Waals surface area contributed by atoms with Crippen molar-refractivity contribution in [3.05, 3.63) is 34.9 Å². The molecule has 0 saturated heterocycles. The van der Waals surface area contributed by atoms with Crippen LogP contribution in [0, 0.1) is 0 Å². The van der Waals surface area contributed by atoms with E-state index in [9.17, 15) is 4.79 Å². The zero-order valence-corrected chi connectivity index (χ0v) is 7.78. The summed E-state index contributed by atoms with van der Waals surface area (Å²) in [5.74, 6) is -1.01. The lowest BCUT2D eigenvalue weighted by atomic mass is 10.1. The maximum Gasteiger partial charge on any atom is 0.337 e. The van der Waals surface area contributed by atoms with E-state index in [1.165, 1.54) is 7.11 Å². The van der Waals surface area contributed by atoms with Crippen molar-refractivity contribution < 1.29 is 14.6 Å². The van der Waals surface area contributed by atoms with Gasteiger partial charge < -0.3 is 9.84 Å². The van der Waals surface area contributed by atoms with Crippen LogP contribution < -0.4 is 0 Å². The second-order valence-electron chi connectivity index (χ2n) is 2.51. The molecule has 0 unspecified atom stereocenters. The summed E-state index contributed by atoms with van der Waals surface area (Å²) in [4.78, 5) is 10.7. The molecule has 0 spiro atoms. The van der Waals surface area contributed by atoms with Gasteiger partial charge in [0.2, 0.25) is 0 Å². The number of carboxylic acids is 1. The summed E-state index contributed by atoms with van der Waals surface area (Å²) < 4.78 is 4.80. The summed E-state index contributed by atoms with van der Waals surface area (Å²) in [6.07, 6.45) is -0.919. The number of carboxylic acid groups (broad SMARTS) is 1. The number of hydrogen-bond donors (Lipinski definition) is 1. The van der Waals surface area contributed by atoms with Crippen LogP contribution in [0.5, 0.6) is 0 Å². The lowest BCUT2D eigenvalue weighted by molar-refractivity contribution is -0.148. The van der Waals surface area contributed by atoms with E-state index in [0.29, 0.717) is 10.6 Å². The Hall–Kier alpha value is -1.06. The van der Waals surface area contributed by atoms with Crippen molar-refractivity contribution in [1.82, 2.24) is 0 Å². The predicted molar refractivity (Wildman–Crippen MR) is 48.8 cm³/mol. The highest BCUT2D eigenvalue weighted by atomic mass is 35.5. The topological polar surface area (TPSA) is 46.5 Å². The van der Waals surface area contributed by atoms with Crippen LogP contribution in [0.4, 0.5) is 0 Å². The van der Waals surface area contributed by atoms with Crippen LogP contribution in [-0.4, -0.2) is 18.2 Å². The lowest BCUT2D eigenvalue weighted by Gasteiger charge is -2.09. The third kappa shape index (κ3) is 2.44. The maximum absolute atomic E-state index is 10.7. The van der Waals surface area contributed by atoms with Gasteiger partial charge in [-0.3, -0.25) is 0 Å². The Labute approximate surface area is 80.9 Å². The van der Waals surface area contributed by atoms with Gasteiger partial charge in [-0.2, -0.15) is 0 Å². The van der Waals surface area contributed by atoms with Crippen molar-refractivity contribution in [3.8, 4) is 0 Å². The Morgan fingerprint density at radius 3 is 2.38 bits per heavy atom. The number of rotatable bonds is 3. The molecule has 0 radical (unpaired) electrons. The fourth-order valence-corrected chi connectivity index (χ4v) is 1.14. The fraction of sp³-hybridized carbons (Fsp3) is 0.222. The summed E-state index contributed by atoms with van der Waals surface area (Å²) >= 11 is 5.65. The van der Waals surface area contributed by atoms with Gasteiger partial charge in [0, 0.05) is 12.1 Å². The number of carbonyl (C=O) groups is 1. The van der Waals surface area contributed by atoms with Crippen LogP contribution in [0.1, 0.15) is 11.7 Å². The van der Waals surface area contributed by atoms with E-state index in [4.69, 9.17) is 21.4 Å². The summed E-state index contributed by atoms with van der Waals surface area (Å²) in [5, 5.41) is 9.31. The zero-order chi connectivity index (χ0) is 9.84. The molecule has 1 rings (SSSR count). The second-order valence-corrected chi connectivity index (χ2v) is 2.94. The molecule has 4 heteroatoms. The van der Waals surface area contributed by atoms with Crippen LogP contribution >= 0.6 is 11.6 Å². The third-order valence-corrected chi connectivity index (χ3v) is 1.88. The molecule has 1 aromatic carbocycles.